The van der Waals surface area contributed by atoms with Gasteiger partial charge in [0.2, 0.25) is 5.91 Å². The molecule has 0 radical (unpaired) electrons. The first-order valence-electron chi connectivity index (χ1n) is 12.2. The number of hydrogen-bond donors (Lipinski definition) is 1. The molecule has 2 aliphatic heterocycles. The minimum Gasteiger partial charge on any atom is -0.342 e. The summed E-state index contributed by atoms with van der Waals surface area (Å²) >= 11 is 0. The molecule has 1 N–H and O–H groups in total. The second-order valence-corrected chi connectivity index (χ2v) is 9.93. The summed E-state index contributed by atoms with van der Waals surface area (Å²) in [5.74, 6) is -1.32. The lowest BCUT2D eigenvalue weighted by Crippen LogP contribution is -2.58. The SMILES string of the molecule is CN(C)CCN1C(=O)NC(Cc2cccc(F)c2)(C2CCN(C(=O)Cc3ccc(F)cc3)CC2)C1=O. The average molecular weight is 499 g/mol. The number of likely N-dealkylation sites (N-methyl/N-ethyl adjacent to an activating group) is 1. The van der Waals surface area contributed by atoms with Gasteiger partial charge in [-0.05, 0) is 68.2 Å². The summed E-state index contributed by atoms with van der Waals surface area (Å²) in [7, 11) is 3.74. The third-order valence-electron chi connectivity index (χ3n) is 7.16. The molecule has 0 spiro atoms. The van der Waals surface area contributed by atoms with Gasteiger partial charge >= 0.3 is 6.03 Å². The van der Waals surface area contributed by atoms with Crippen molar-refractivity contribution in [3.05, 3.63) is 71.3 Å². The Kier molecular flexibility index (Phi) is 7.68. The molecule has 2 aromatic rings. The highest BCUT2D eigenvalue weighted by molar-refractivity contribution is 6.07. The molecule has 2 saturated heterocycles. The van der Waals surface area contributed by atoms with Gasteiger partial charge in [0, 0.05) is 32.6 Å². The predicted molar refractivity (Wildman–Crippen MR) is 131 cm³/mol. The Labute approximate surface area is 210 Å². The van der Waals surface area contributed by atoms with Gasteiger partial charge in [-0.3, -0.25) is 14.5 Å². The minimum absolute atomic E-state index is 0.0615. The smallest absolute Gasteiger partial charge is 0.325 e. The van der Waals surface area contributed by atoms with E-state index in [1.165, 1.54) is 29.2 Å². The van der Waals surface area contributed by atoms with E-state index >= 15 is 0 Å². The maximum atomic E-state index is 14.0. The molecule has 1 unspecified atom stereocenters. The van der Waals surface area contributed by atoms with E-state index in [-0.39, 0.29) is 42.9 Å². The van der Waals surface area contributed by atoms with Crippen molar-refractivity contribution >= 4 is 17.8 Å². The van der Waals surface area contributed by atoms with Crippen LogP contribution in [0.5, 0.6) is 0 Å². The number of urea groups is 1. The van der Waals surface area contributed by atoms with E-state index in [4.69, 9.17) is 0 Å². The van der Waals surface area contributed by atoms with Crippen LogP contribution in [0.2, 0.25) is 0 Å². The highest BCUT2D eigenvalue weighted by Crippen LogP contribution is 2.36. The summed E-state index contributed by atoms with van der Waals surface area (Å²) in [6, 6.07) is 11.5. The molecule has 4 amide bonds. The van der Waals surface area contributed by atoms with Crippen LogP contribution in [-0.4, -0.2) is 78.4 Å². The molecule has 9 heteroatoms. The molecular formula is C27H32F2N4O3. The second-order valence-electron chi connectivity index (χ2n) is 9.93. The van der Waals surface area contributed by atoms with Crippen LogP contribution >= 0.6 is 0 Å². The minimum atomic E-state index is -1.19. The molecule has 1 atom stereocenters. The Morgan fingerprint density at radius 2 is 1.72 bits per heavy atom. The van der Waals surface area contributed by atoms with Gasteiger partial charge in [0.1, 0.15) is 17.2 Å². The van der Waals surface area contributed by atoms with Crippen molar-refractivity contribution in [2.75, 3.05) is 40.3 Å². The Hall–Kier alpha value is -3.33. The van der Waals surface area contributed by atoms with Crippen molar-refractivity contribution in [1.29, 1.82) is 0 Å². The molecule has 2 heterocycles. The third-order valence-corrected chi connectivity index (χ3v) is 7.16. The van der Waals surface area contributed by atoms with E-state index < -0.39 is 17.4 Å². The Morgan fingerprint density at radius 1 is 1.03 bits per heavy atom. The second kappa shape index (κ2) is 10.7. The third kappa shape index (κ3) is 5.56. The van der Waals surface area contributed by atoms with Crippen LogP contribution in [0, 0.1) is 17.6 Å². The van der Waals surface area contributed by atoms with Gasteiger partial charge in [-0.25, -0.2) is 13.6 Å². The van der Waals surface area contributed by atoms with Crippen LogP contribution in [0.25, 0.3) is 0 Å². The van der Waals surface area contributed by atoms with Gasteiger partial charge in [0.25, 0.3) is 5.91 Å². The number of nitrogens with one attached hydrogen (secondary N) is 1. The maximum Gasteiger partial charge on any atom is 0.325 e. The zero-order chi connectivity index (χ0) is 25.9. The summed E-state index contributed by atoms with van der Waals surface area (Å²) < 4.78 is 27.1. The van der Waals surface area contributed by atoms with Gasteiger partial charge in [-0.1, -0.05) is 24.3 Å². The Bertz CT molecular complexity index is 1120. The number of likely N-dealkylation sites (tertiary alicyclic amines) is 1. The Morgan fingerprint density at radius 3 is 2.36 bits per heavy atom. The zero-order valence-electron chi connectivity index (χ0n) is 20.7. The molecular weight excluding hydrogens is 466 g/mol. The number of imide groups is 1. The van der Waals surface area contributed by atoms with Crippen molar-refractivity contribution < 1.29 is 23.2 Å². The first kappa shape index (κ1) is 25.8. The lowest BCUT2D eigenvalue weighted by Gasteiger charge is -2.41. The van der Waals surface area contributed by atoms with Gasteiger partial charge in [0.05, 0.1) is 6.42 Å². The van der Waals surface area contributed by atoms with E-state index in [1.807, 2.05) is 19.0 Å². The molecule has 36 heavy (non-hydrogen) atoms. The molecule has 2 aliphatic rings. The Balaban J connectivity index is 1.50. The standard InChI is InChI=1S/C27H32F2N4O3/c1-31(2)14-15-33-25(35)27(30-26(33)36,18-20-4-3-5-23(29)16-20)21-10-12-32(13-11-21)24(34)17-19-6-8-22(28)9-7-19/h3-9,16,21H,10-15,17-18H2,1-2H3,(H,30,36). The molecule has 7 nitrogen and oxygen atoms in total. The molecule has 2 fully saturated rings. The first-order valence-corrected chi connectivity index (χ1v) is 12.2. The van der Waals surface area contributed by atoms with Crippen LogP contribution in [0.15, 0.2) is 48.5 Å². The van der Waals surface area contributed by atoms with Crippen LogP contribution < -0.4 is 5.32 Å². The van der Waals surface area contributed by atoms with Crippen molar-refractivity contribution in [3.63, 3.8) is 0 Å². The first-order chi connectivity index (χ1) is 17.2. The number of benzene rings is 2. The summed E-state index contributed by atoms with van der Waals surface area (Å²) in [6.45, 7) is 1.68. The van der Waals surface area contributed by atoms with Crippen molar-refractivity contribution in [3.8, 4) is 0 Å². The number of piperidine rings is 1. The van der Waals surface area contributed by atoms with Crippen LogP contribution in [0.4, 0.5) is 13.6 Å². The average Bonchev–Trinajstić information content (AvgIpc) is 3.08. The lowest BCUT2D eigenvalue weighted by molar-refractivity contribution is -0.135. The quantitative estimate of drug-likeness (QED) is 0.569. The van der Waals surface area contributed by atoms with E-state index in [1.54, 1.807) is 29.2 Å². The summed E-state index contributed by atoms with van der Waals surface area (Å²) in [6.07, 6.45) is 1.41. The molecule has 192 valence electrons. The summed E-state index contributed by atoms with van der Waals surface area (Å²) in [4.78, 5) is 44.4. The number of amides is 4. The lowest BCUT2D eigenvalue weighted by atomic mass is 9.73. The number of carbonyl (C=O) groups is 3. The molecule has 2 aromatic carbocycles. The molecule has 0 saturated carbocycles. The number of halogens is 2. The highest BCUT2D eigenvalue weighted by Gasteiger charge is 2.55. The van der Waals surface area contributed by atoms with Crippen LogP contribution in [-0.2, 0) is 22.4 Å². The van der Waals surface area contributed by atoms with Crippen LogP contribution in [0.1, 0.15) is 24.0 Å². The molecule has 0 aromatic heterocycles. The number of carbonyl (C=O) groups excluding carboxylic acids is 3. The van der Waals surface area contributed by atoms with Gasteiger partial charge in [-0.2, -0.15) is 0 Å². The van der Waals surface area contributed by atoms with Crippen LogP contribution in [0.3, 0.4) is 0 Å². The normalized spacial score (nSPS) is 20.8. The van der Waals surface area contributed by atoms with Gasteiger partial charge < -0.3 is 15.1 Å². The molecule has 0 aliphatic carbocycles. The zero-order valence-corrected chi connectivity index (χ0v) is 20.7. The molecule has 0 bridgehead atoms. The predicted octanol–water partition coefficient (Wildman–Crippen LogP) is 2.84. The maximum absolute atomic E-state index is 14.0. The molecule has 4 rings (SSSR count). The summed E-state index contributed by atoms with van der Waals surface area (Å²) in [5.41, 5.74) is 0.178. The largest absolute Gasteiger partial charge is 0.342 e. The summed E-state index contributed by atoms with van der Waals surface area (Å²) in [5, 5.41) is 2.98. The van der Waals surface area contributed by atoms with E-state index in [0.29, 0.717) is 38.0 Å². The van der Waals surface area contributed by atoms with E-state index in [9.17, 15) is 23.2 Å². The topological polar surface area (TPSA) is 73.0 Å². The number of hydrogen-bond acceptors (Lipinski definition) is 4. The fraction of sp³-hybridized carbons (Fsp3) is 0.444. The number of nitrogens with zero attached hydrogens (tertiary/aromatic N) is 3. The monoisotopic (exact) mass is 498 g/mol. The van der Waals surface area contributed by atoms with Gasteiger partial charge in [0.15, 0.2) is 0 Å². The van der Waals surface area contributed by atoms with Crippen molar-refractivity contribution in [2.45, 2.75) is 31.2 Å². The fourth-order valence-corrected chi connectivity index (χ4v) is 5.17. The van der Waals surface area contributed by atoms with Gasteiger partial charge in [-0.15, -0.1) is 0 Å². The fourth-order valence-electron chi connectivity index (χ4n) is 5.17. The van der Waals surface area contributed by atoms with E-state index in [2.05, 4.69) is 5.32 Å². The van der Waals surface area contributed by atoms with Crippen molar-refractivity contribution in [2.24, 2.45) is 5.92 Å². The van der Waals surface area contributed by atoms with E-state index in [0.717, 1.165) is 5.56 Å². The number of rotatable bonds is 8. The van der Waals surface area contributed by atoms with Crippen molar-refractivity contribution in [1.82, 2.24) is 20.0 Å². The highest BCUT2D eigenvalue weighted by atomic mass is 19.1.